The molecule has 1 aromatic carbocycles. The van der Waals surface area contributed by atoms with E-state index in [-0.39, 0.29) is 11.8 Å². The zero-order chi connectivity index (χ0) is 20.9. The average Bonchev–Trinajstić information content (AvgIpc) is 2.61. The highest BCUT2D eigenvalue weighted by atomic mass is 32.2. The first-order chi connectivity index (χ1) is 13.0. The molecule has 4 N–H and O–H groups in total. The number of urea groups is 1. The molecule has 10 heteroatoms. The highest BCUT2D eigenvalue weighted by Crippen LogP contribution is 2.30. The number of nitrogens with zero attached hydrogens (tertiary/aromatic N) is 2. The van der Waals surface area contributed by atoms with Crippen LogP contribution in [-0.2, 0) is 19.3 Å². The van der Waals surface area contributed by atoms with Crippen LogP contribution in [0.3, 0.4) is 0 Å². The fourth-order valence-electron chi connectivity index (χ4n) is 2.24. The third kappa shape index (κ3) is 5.17. The summed E-state index contributed by atoms with van der Waals surface area (Å²) < 4.78 is 27.9. The number of carbonyl (C=O) groups excluding carboxylic acids is 1. The highest BCUT2D eigenvalue weighted by Gasteiger charge is 2.34. The van der Waals surface area contributed by atoms with Crippen molar-refractivity contribution in [2.75, 3.05) is 37.6 Å². The Morgan fingerprint density at radius 2 is 1.86 bits per heavy atom. The predicted octanol–water partition coefficient (Wildman–Crippen LogP) is 1.77. The van der Waals surface area contributed by atoms with Gasteiger partial charge in [0.05, 0.1) is 12.3 Å². The second-order valence-corrected chi connectivity index (χ2v) is 9.30. The molecule has 9 nitrogen and oxygen atoms in total. The minimum absolute atomic E-state index is 0.177. The molecular weight excluding hydrogens is 382 g/mol. The standard InChI is InChI=1S/C18H25N5O4S/c1-18(2,28(4,25)26)14-11-15(19)23-16(22-14)12-5-7-13(8-6-12)21-17(24)20-9-10-27-3/h5-8,11H,9-10H2,1-4H3,(H2,19,22,23)(H2,20,21,24). The van der Waals surface area contributed by atoms with E-state index in [4.69, 9.17) is 10.5 Å². The monoisotopic (exact) mass is 407 g/mol. The molecule has 0 unspecified atom stereocenters. The van der Waals surface area contributed by atoms with Crippen LogP contribution in [0.15, 0.2) is 30.3 Å². The molecule has 0 aliphatic heterocycles. The maximum Gasteiger partial charge on any atom is 0.319 e. The lowest BCUT2D eigenvalue weighted by Crippen LogP contribution is -2.31. The summed E-state index contributed by atoms with van der Waals surface area (Å²) in [6, 6.07) is 7.94. The van der Waals surface area contributed by atoms with Gasteiger partial charge in [-0.25, -0.2) is 23.2 Å². The van der Waals surface area contributed by atoms with Crippen LogP contribution in [0.5, 0.6) is 0 Å². The third-order valence-electron chi connectivity index (χ3n) is 4.28. The number of anilines is 2. The number of methoxy groups -OCH3 is 1. The lowest BCUT2D eigenvalue weighted by atomic mass is 10.1. The summed E-state index contributed by atoms with van der Waals surface area (Å²) in [5.74, 6) is 0.485. The fraction of sp³-hybridized carbons (Fsp3) is 0.389. The van der Waals surface area contributed by atoms with Crippen molar-refractivity contribution < 1.29 is 17.9 Å². The second-order valence-electron chi connectivity index (χ2n) is 6.74. The molecule has 1 heterocycles. The van der Waals surface area contributed by atoms with Gasteiger partial charge in [-0.2, -0.15) is 0 Å². The van der Waals surface area contributed by atoms with Gasteiger partial charge in [0.15, 0.2) is 15.7 Å². The number of sulfone groups is 1. The number of aromatic nitrogens is 2. The van der Waals surface area contributed by atoms with Crippen molar-refractivity contribution >= 4 is 27.4 Å². The number of carbonyl (C=O) groups is 1. The van der Waals surface area contributed by atoms with E-state index in [9.17, 15) is 13.2 Å². The molecule has 0 radical (unpaired) electrons. The number of hydrogen-bond acceptors (Lipinski definition) is 7. The molecular formula is C18H25N5O4S. The van der Waals surface area contributed by atoms with Crippen molar-refractivity contribution in [3.8, 4) is 11.4 Å². The Hall–Kier alpha value is -2.72. The smallest absolute Gasteiger partial charge is 0.319 e. The minimum atomic E-state index is -3.41. The average molecular weight is 407 g/mol. The molecule has 0 spiro atoms. The SMILES string of the molecule is COCCNC(=O)Nc1ccc(-c2nc(N)cc(C(C)(C)S(C)(=O)=O)n2)cc1. The topological polar surface area (TPSA) is 136 Å². The number of nitrogens with two attached hydrogens (primary N) is 1. The van der Waals surface area contributed by atoms with Gasteiger partial charge < -0.3 is 21.1 Å². The molecule has 0 atom stereocenters. The van der Waals surface area contributed by atoms with Gasteiger partial charge in [0.2, 0.25) is 0 Å². The van der Waals surface area contributed by atoms with Crippen molar-refractivity contribution in [2.45, 2.75) is 18.6 Å². The van der Waals surface area contributed by atoms with E-state index in [1.54, 1.807) is 45.2 Å². The molecule has 0 aliphatic carbocycles. The van der Waals surface area contributed by atoms with Gasteiger partial charge in [0.1, 0.15) is 10.6 Å². The summed E-state index contributed by atoms with van der Waals surface area (Å²) in [5, 5.41) is 5.35. The van der Waals surface area contributed by atoms with Crippen LogP contribution in [0.1, 0.15) is 19.5 Å². The molecule has 2 rings (SSSR count). The van der Waals surface area contributed by atoms with Gasteiger partial charge in [0.25, 0.3) is 0 Å². The second kappa shape index (κ2) is 8.53. The zero-order valence-electron chi connectivity index (χ0n) is 16.3. The molecule has 0 aliphatic rings. The van der Waals surface area contributed by atoms with E-state index in [0.29, 0.717) is 35.9 Å². The Bertz CT molecular complexity index is 943. The molecule has 2 amide bonds. The molecule has 152 valence electrons. The van der Waals surface area contributed by atoms with E-state index in [1.165, 1.54) is 6.07 Å². The van der Waals surface area contributed by atoms with Crippen LogP contribution < -0.4 is 16.4 Å². The van der Waals surface area contributed by atoms with Gasteiger partial charge in [-0.15, -0.1) is 0 Å². The number of ether oxygens (including phenoxy) is 1. The highest BCUT2D eigenvalue weighted by molar-refractivity contribution is 7.91. The van der Waals surface area contributed by atoms with E-state index < -0.39 is 14.6 Å². The van der Waals surface area contributed by atoms with Crippen molar-refractivity contribution in [1.29, 1.82) is 0 Å². The largest absolute Gasteiger partial charge is 0.384 e. The van der Waals surface area contributed by atoms with E-state index in [2.05, 4.69) is 20.6 Å². The molecule has 2 aromatic rings. The number of rotatable bonds is 7. The first-order valence-electron chi connectivity index (χ1n) is 8.53. The van der Waals surface area contributed by atoms with Crippen molar-refractivity contribution in [1.82, 2.24) is 15.3 Å². The Balaban J connectivity index is 2.23. The minimum Gasteiger partial charge on any atom is -0.384 e. The summed E-state index contributed by atoms with van der Waals surface area (Å²) in [6.45, 7) is 3.97. The Labute approximate surface area is 164 Å². The molecule has 28 heavy (non-hydrogen) atoms. The molecule has 0 saturated carbocycles. The van der Waals surface area contributed by atoms with E-state index in [0.717, 1.165) is 6.26 Å². The number of amides is 2. The van der Waals surface area contributed by atoms with Crippen LogP contribution in [0.4, 0.5) is 16.3 Å². The van der Waals surface area contributed by atoms with Crippen molar-refractivity contribution in [3.05, 3.63) is 36.0 Å². The van der Waals surface area contributed by atoms with Crippen LogP contribution in [0, 0.1) is 0 Å². The zero-order valence-corrected chi connectivity index (χ0v) is 17.1. The summed E-state index contributed by atoms with van der Waals surface area (Å²) in [7, 11) is -1.86. The van der Waals surface area contributed by atoms with Gasteiger partial charge in [-0.05, 0) is 38.1 Å². The summed E-state index contributed by atoms with van der Waals surface area (Å²) >= 11 is 0. The number of hydrogen-bond donors (Lipinski definition) is 3. The van der Waals surface area contributed by atoms with Gasteiger partial charge in [0, 0.05) is 37.2 Å². The maximum atomic E-state index is 12.1. The number of nitrogens with one attached hydrogen (secondary N) is 2. The summed E-state index contributed by atoms with van der Waals surface area (Å²) in [6.07, 6.45) is 1.16. The lowest BCUT2D eigenvalue weighted by molar-refractivity contribution is 0.198. The lowest BCUT2D eigenvalue weighted by Gasteiger charge is -2.22. The Morgan fingerprint density at radius 1 is 1.21 bits per heavy atom. The molecule has 0 fully saturated rings. The fourth-order valence-corrected chi connectivity index (χ4v) is 2.72. The van der Waals surface area contributed by atoms with Gasteiger partial charge >= 0.3 is 6.03 Å². The summed E-state index contributed by atoms with van der Waals surface area (Å²) in [4.78, 5) is 20.4. The van der Waals surface area contributed by atoms with E-state index in [1.807, 2.05) is 0 Å². The number of nitrogen functional groups attached to an aromatic ring is 1. The van der Waals surface area contributed by atoms with Gasteiger partial charge in [-0.3, -0.25) is 0 Å². The van der Waals surface area contributed by atoms with Crippen LogP contribution in [0.25, 0.3) is 11.4 Å². The Morgan fingerprint density at radius 3 is 2.43 bits per heavy atom. The van der Waals surface area contributed by atoms with Crippen LogP contribution in [0.2, 0.25) is 0 Å². The maximum absolute atomic E-state index is 12.1. The van der Waals surface area contributed by atoms with Crippen LogP contribution >= 0.6 is 0 Å². The van der Waals surface area contributed by atoms with Gasteiger partial charge in [-0.1, -0.05) is 0 Å². The predicted molar refractivity (Wildman–Crippen MR) is 109 cm³/mol. The first kappa shape index (κ1) is 21.6. The normalized spacial score (nSPS) is 11.9. The number of benzene rings is 1. The third-order valence-corrected chi connectivity index (χ3v) is 6.35. The van der Waals surface area contributed by atoms with Crippen molar-refractivity contribution in [3.63, 3.8) is 0 Å². The first-order valence-corrected chi connectivity index (χ1v) is 10.4. The Kier molecular flexibility index (Phi) is 6.57. The summed E-state index contributed by atoms with van der Waals surface area (Å²) in [5.41, 5.74) is 7.41. The molecule has 0 bridgehead atoms. The van der Waals surface area contributed by atoms with Crippen LogP contribution in [-0.4, -0.2) is 50.9 Å². The molecule has 1 aromatic heterocycles. The van der Waals surface area contributed by atoms with E-state index >= 15 is 0 Å². The van der Waals surface area contributed by atoms with Crippen molar-refractivity contribution in [2.24, 2.45) is 0 Å². The molecule has 0 saturated heterocycles. The quantitative estimate of drug-likeness (QED) is 0.595.